The van der Waals surface area contributed by atoms with E-state index in [1.165, 1.54) is 12.8 Å². The molecule has 8 nitrogen and oxygen atoms in total. The van der Waals surface area contributed by atoms with Crippen LogP contribution in [0.25, 0.3) is 0 Å². The Morgan fingerprint density at radius 3 is 1.93 bits per heavy atom. The van der Waals surface area contributed by atoms with Gasteiger partial charge >= 0.3 is 6.09 Å². The lowest BCUT2D eigenvalue weighted by Crippen LogP contribution is -2.38. The molecule has 4 aliphatic rings. The summed E-state index contributed by atoms with van der Waals surface area (Å²) in [5.41, 5.74) is -0.481. The lowest BCUT2D eigenvalue weighted by atomic mass is 10.1. The van der Waals surface area contributed by atoms with Gasteiger partial charge in [-0.05, 0) is 65.8 Å². The average molecular weight is 445 g/mol. The molecule has 0 aromatic rings. The minimum absolute atomic E-state index is 0. The largest absolute Gasteiger partial charge is 0.444 e. The van der Waals surface area contributed by atoms with Gasteiger partial charge in [-0.2, -0.15) is 0 Å². The predicted octanol–water partition coefficient (Wildman–Crippen LogP) is 1.82. The van der Waals surface area contributed by atoms with Gasteiger partial charge in [0.15, 0.2) is 0 Å². The van der Waals surface area contributed by atoms with Crippen LogP contribution in [0.4, 0.5) is 4.79 Å². The fourth-order valence-corrected chi connectivity index (χ4v) is 3.44. The minimum atomic E-state index is -0.481. The molecule has 2 saturated carbocycles. The van der Waals surface area contributed by atoms with Crippen LogP contribution in [0.3, 0.4) is 0 Å². The van der Waals surface area contributed by atoms with Crippen molar-refractivity contribution in [2.24, 2.45) is 11.8 Å². The number of carbonyl (C=O) groups is 3. The molecule has 2 saturated heterocycles. The maximum absolute atomic E-state index is 11.9. The van der Waals surface area contributed by atoms with E-state index in [1.54, 1.807) is 4.90 Å². The zero-order valence-electron chi connectivity index (χ0n) is 18.4. The first-order valence-corrected chi connectivity index (χ1v) is 11.0. The third-order valence-electron chi connectivity index (χ3n) is 5.49. The lowest BCUT2D eigenvalue weighted by Gasteiger charge is -2.24. The van der Waals surface area contributed by atoms with Gasteiger partial charge in [0.25, 0.3) is 0 Å². The van der Waals surface area contributed by atoms with E-state index < -0.39 is 5.60 Å². The first-order valence-electron chi connectivity index (χ1n) is 11.0. The number of carbonyl (C=O) groups excluding carboxylic acids is 3. The molecule has 30 heavy (non-hydrogen) atoms. The summed E-state index contributed by atoms with van der Waals surface area (Å²) in [6.07, 6.45) is 5.99. The number of ether oxygens (including phenoxy) is 1. The van der Waals surface area contributed by atoms with Crippen molar-refractivity contribution < 1.29 is 19.1 Å². The molecule has 4 rings (SSSR count). The molecule has 2 aliphatic heterocycles. The second kappa shape index (κ2) is 10.7. The highest BCUT2D eigenvalue weighted by Crippen LogP contribution is 2.23. The molecule has 0 radical (unpaired) electrons. The zero-order valence-corrected chi connectivity index (χ0v) is 19.2. The van der Waals surface area contributed by atoms with E-state index in [2.05, 4.69) is 16.0 Å². The van der Waals surface area contributed by atoms with E-state index in [0.29, 0.717) is 25.2 Å². The van der Waals surface area contributed by atoms with Gasteiger partial charge in [-0.15, -0.1) is 12.4 Å². The van der Waals surface area contributed by atoms with Crippen molar-refractivity contribution in [2.45, 2.75) is 77.0 Å². The van der Waals surface area contributed by atoms with Crippen molar-refractivity contribution in [3.8, 4) is 0 Å². The van der Waals surface area contributed by atoms with Crippen LogP contribution < -0.4 is 16.0 Å². The van der Waals surface area contributed by atoms with Crippen LogP contribution in [0.1, 0.15) is 59.3 Å². The highest BCUT2D eigenvalue weighted by atomic mass is 35.5. The van der Waals surface area contributed by atoms with Crippen molar-refractivity contribution in [2.75, 3.05) is 26.2 Å². The topological polar surface area (TPSA) is 99.8 Å². The molecule has 4 fully saturated rings. The number of rotatable bonds is 4. The third kappa shape index (κ3) is 8.30. The molecule has 2 unspecified atom stereocenters. The summed E-state index contributed by atoms with van der Waals surface area (Å²) in [7, 11) is 0. The Kier molecular flexibility index (Phi) is 8.79. The van der Waals surface area contributed by atoms with Crippen LogP contribution in [0.15, 0.2) is 0 Å². The van der Waals surface area contributed by atoms with Gasteiger partial charge in [0.05, 0.1) is 11.8 Å². The molecule has 2 aliphatic carbocycles. The van der Waals surface area contributed by atoms with Gasteiger partial charge < -0.3 is 25.6 Å². The van der Waals surface area contributed by atoms with Gasteiger partial charge in [-0.25, -0.2) is 4.79 Å². The SMILES string of the molecule is CC(C)(C)OC(=O)N1CCC(C(=O)NC2CC2)C1.Cl.O=C(NC1CC1)C1CCNC1. The Hall–Kier alpha value is -1.54. The van der Waals surface area contributed by atoms with E-state index in [0.717, 1.165) is 38.8 Å². The van der Waals surface area contributed by atoms with Gasteiger partial charge in [-0.1, -0.05) is 0 Å². The van der Waals surface area contributed by atoms with Crippen LogP contribution in [0.2, 0.25) is 0 Å². The summed E-state index contributed by atoms with van der Waals surface area (Å²) in [6.45, 7) is 8.50. The van der Waals surface area contributed by atoms with E-state index in [1.807, 2.05) is 20.8 Å². The van der Waals surface area contributed by atoms with Crippen LogP contribution in [-0.2, 0) is 14.3 Å². The van der Waals surface area contributed by atoms with Crippen molar-refractivity contribution in [1.29, 1.82) is 0 Å². The van der Waals surface area contributed by atoms with Crippen LogP contribution >= 0.6 is 12.4 Å². The maximum atomic E-state index is 11.9. The maximum Gasteiger partial charge on any atom is 0.410 e. The fraction of sp³-hybridized carbons (Fsp3) is 0.857. The number of nitrogens with zero attached hydrogens (tertiary/aromatic N) is 1. The number of hydrogen-bond donors (Lipinski definition) is 3. The highest BCUT2D eigenvalue weighted by molar-refractivity contribution is 5.85. The Morgan fingerprint density at radius 2 is 1.47 bits per heavy atom. The summed E-state index contributed by atoms with van der Waals surface area (Å²) >= 11 is 0. The average Bonchev–Trinajstić information content (AvgIpc) is 3.51. The van der Waals surface area contributed by atoms with Gasteiger partial charge in [-0.3, -0.25) is 9.59 Å². The highest BCUT2D eigenvalue weighted by Gasteiger charge is 2.35. The monoisotopic (exact) mass is 444 g/mol. The Labute approximate surface area is 185 Å². The Balaban J connectivity index is 0.000000229. The van der Waals surface area contributed by atoms with Gasteiger partial charge in [0.2, 0.25) is 11.8 Å². The normalized spacial score (nSPS) is 25.5. The van der Waals surface area contributed by atoms with E-state index >= 15 is 0 Å². The van der Waals surface area contributed by atoms with Crippen molar-refractivity contribution in [3.05, 3.63) is 0 Å². The summed E-state index contributed by atoms with van der Waals surface area (Å²) in [5, 5.41) is 9.19. The molecule has 3 amide bonds. The third-order valence-corrected chi connectivity index (χ3v) is 5.49. The molecule has 0 aromatic heterocycles. The molecule has 0 spiro atoms. The zero-order chi connectivity index (χ0) is 21.0. The van der Waals surface area contributed by atoms with Crippen molar-refractivity contribution in [3.63, 3.8) is 0 Å². The standard InChI is InChI=1S/C13H22N2O3.C8H14N2O.ClH/c1-13(2,3)18-12(17)15-7-6-9(8-15)11(16)14-10-4-5-10;11-8(10-7-1-2-7)6-3-4-9-5-6;/h9-10H,4-8H2,1-3H3,(H,14,16);6-7,9H,1-5H2,(H,10,11);1H. The molecular weight excluding hydrogens is 408 g/mol. The molecule has 0 bridgehead atoms. The van der Waals surface area contributed by atoms with Crippen LogP contribution in [0.5, 0.6) is 0 Å². The number of halogens is 1. The minimum Gasteiger partial charge on any atom is -0.444 e. The predicted molar refractivity (Wildman–Crippen MR) is 116 cm³/mol. The molecule has 2 atom stereocenters. The summed E-state index contributed by atoms with van der Waals surface area (Å²) in [5.74, 6) is 0.523. The fourth-order valence-electron chi connectivity index (χ4n) is 3.44. The summed E-state index contributed by atoms with van der Waals surface area (Å²) in [6, 6.07) is 0.899. The first-order chi connectivity index (χ1) is 13.7. The molecule has 2 heterocycles. The summed E-state index contributed by atoms with van der Waals surface area (Å²) < 4.78 is 5.30. The van der Waals surface area contributed by atoms with E-state index in [9.17, 15) is 14.4 Å². The van der Waals surface area contributed by atoms with Gasteiger partial charge in [0, 0.05) is 31.7 Å². The quantitative estimate of drug-likeness (QED) is 0.614. The Bertz CT molecular complexity index is 611. The smallest absolute Gasteiger partial charge is 0.410 e. The number of hydrogen-bond acceptors (Lipinski definition) is 5. The second-order valence-electron chi connectivity index (χ2n) is 9.67. The molecule has 3 N–H and O–H groups in total. The number of nitrogens with one attached hydrogen (secondary N) is 3. The van der Waals surface area contributed by atoms with Crippen LogP contribution in [-0.4, -0.2) is 66.7 Å². The van der Waals surface area contributed by atoms with Gasteiger partial charge in [0.1, 0.15) is 5.60 Å². The Morgan fingerprint density at radius 1 is 0.900 bits per heavy atom. The molecule has 0 aromatic carbocycles. The lowest BCUT2D eigenvalue weighted by molar-refractivity contribution is -0.125. The number of likely N-dealkylation sites (tertiary alicyclic amines) is 1. The van der Waals surface area contributed by atoms with E-state index in [4.69, 9.17) is 4.74 Å². The second-order valence-corrected chi connectivity index (χ2v) is 9.67. The molecule has 172 valence electrons. The van der Waals surface area contributed by atoms with E-state index in [-0.39, 0.29) is 42.2 Å². The van der Waals surface area contributed by atoms with Crippen LogP contribution in [0, 0.1) is 11.8 Å². The molecular formula is C21H37ClN4O4. The van der Waals surface area contributed by atoms with Crippen molar-refractivity contribution >= 4 is 30.3 Å². The summed E-state index contributed by atoms with van der Waals surface area (Å²) in [4.78, 5) is 36.7. The first kappa shape index (κ1) is 24.7. The molecule has 9 heteroatoms. The van der Waals surface area contributed by atoms with Crippen molar-refractivity contribution in [1.82, 2.24) is 20.9 Å². The number of amides is 3.